The summed E-state index contributed by atoms with van der Waals surface area (Å²) in [6.45, 7) is 4.72. The Morgan fingerprint density at radius 3 is 2.83 bits per heavy atom. The largest absolute Gasteiger partial charge is 0.465 e. The van der Waals surface area contributed by atoms with E-state index in [0.29, 0.717) is 6.47 Å². The second kappa shape index (κ2) is 5.14. The summed E-state index contributed by atoms with van der Waals surface area (Å²) in [5.74, 6) is 0.737. The van der Waals surface area contributed by atoms with Crippen molar-refractivity contribution in [2.45, 2.75) is 32.3 Å². The number of hydrogen-bond acceptors (Lipinski definition) is 3. The summed E-state index contributed by atoms with van der Waals surface area (Å²) in [5.41, 5.74) is 0. The molecule has 1 saturated heterocycles. The number of nitrogens with one attached hydrogen (secondary N) is 1. The Labute approximate surface area is 73.5 Å². The molecule has 0 spiro atoms. The minimum absolute atomic E-state index is 0.0885. The SMILES string of the molecule is CC(CC1CCNCC1)OC=O. The van der Waals surface area contributed by atoms with Crippen LogP contribution in [0, 0.1) is 5.92 Å². The number of ether oxygens (including phenoxy) is 1. The topological polar surface area (TPSA) is 38.3 Å². The lowest BCUT2D eigenvalue weighted by atomic mass is 9.92. The van der Waals surface area contributed by atoms with Gasteiger partial charge in [-0.1, -0.05) is 0 Å². The molecule has 1 rings (SSSR count). The maximum Gasteiger partial charge on any atom is 0.293 e. The first-order valence-corrected chi connectivity index (χ1v) is 4.62. The number of carbonyl (C=O) groups is 1. The van der Waals surface area contributed by atoms with Crippen LogP contribution in [0.2, 0.25) is 0 Å². The molecule has 0 bridgehead atoms. The van der Waals surface area contributed by atoms with Gasteiger partial charge in [-0.25, -0.2) is 0 Å². The number of carbonyl (C=O) groups excluding carboxylic acids is 1. The summed E-state index contributed by atoms with van der Waals surface area (Å²) in [6, 6.07) is 0. The Kier molecular flexibility index (Phi) is 4.08. The average Bonchev–Trinajstić information content (AvgIpc) is 2.06. The number of rotatable bonds is 4. The van der Waals surface area contributed by atoms with Gasteiger partial charge < -0.3 is 10.1 Å². The van der Waals surface area contributed by atoms with Crippen LogP contribution in [0.25, 0.3) is 0 Å². The van der Waals surface area contributed by atoms with E-state index in [4.69, 9.17) is 4.74 Å². The van der Waals surface area contributed by atoms with E-state index in [9.17, 15) is 4.79 Å². The van der Waals surface area contributed by atoms with Crippen molar-refractivity contribution in [2.24, 2.45) is 5.92 Å². The van der Waals surface area contributed by atoms with Crippen molar-refractivity contribution in [3.8, 4) is 0 Å². The molecule has 0 aromatic carbocycles. The van der Waals surface area contributed by atoms with Crippen molar-refractivity contribution in [2.75, 3.05) is 13.1 Å². The van der Waals surface area contributed by atoms with Crippen molar-refractivity contribution in [3.05, 3.63) is 0 Å². The van der Waals surface area contributed by atoms with Gasteiger partial charge in [-0.15, -0.1) is 0 Å². The predicted molar refractivity (Wildman–Crippen MR) is 46.8 cm³/mol. The van der Waals surface area contributed by atoms with Gasteiger partial charge in [0.1, 0.15) is 0 Å². The molecular formula is C9H17NO2. The molecule has 1 heterocycles. The first-order chi connectivity index (χ1) is 5.83. The van der Waals surface area contributed by atoms with Crippen LogP contribution in [-0.4, -0.2) is 25.7 Å². The van der Waals surface area contributed by atoms with Crippen LogP contribution >= 0.6 is 0 Å². The highest BCUT2D eigenvalue weighted by Crippen LogP contribution is 2.18. The van der Waals surface area contributed by atoms with Crippen LogP contribution in [0.5, 0.6) is 0 Å². The second-order valence-electron chi connectivity index (χ2n) is 3.47. The van der Waals surface area contributed by atoms with E-state index in [-0.39, 0.29) is 6.10 Å². The molecule has 12 heavy (non-hydrogen) atoms. The summed E-state index contributed by atoms with van der Waals surface area (Å²) in [6.07, 6.45) is 3.53. The lowest BCUT2D eigenvalue weighted by Gasteiger charge is -2.24. The van der Waals surface area contributed by atoms with E-state index < -0.39 is 0 Å². The molecule has 70 valence electrons. The van der Waals surface area contributed by atoms with Crippen molar-refractivity contribution < 1.29 is 9.53 Å². The van der Waals surface area contributed by atoms with Crippen LogP contribution in [-0.2, 0) is 9.53 Å². The van der Waals surface area contributed by atoms with Gasteiger partial charge in [-0.2, -0.15) is 0 Å². The third-order valence-corrected chi connectivity index (χ3v) is 2.41. The summed E-state index contributed by atoms with van der Waals surface area (Å²) < 4.78 is 4.84. The first kappa shape index (κ1) is 9.52. The lowest BCUT2D eigenvalue weighted by molar-refractivity contribution is -0.133. The molecule has 0 aliphatic carbocycles. The number of hydrogen-bond donors (Lipinski definition) is 1. The summed E-state index contributed by atoms with van der Waals surface area (Å²) >= 11 is 0. The van der Waals surface area contributed by atoms with Crippen molar-refractivity contribution >= 4 is 6.47 Å². The molecule has 1 unspecified atom stereocenters. The Bertz CT molecular complexity index is 132. The third kappa shape index (κ3) is 3.22. The van der Waals surface area contributed by atoms with Crippen LogP contribution in [0.1, 0.15) is 26.2 Å². The molecule has 1 fully saturated rings. The fourth-order valence-corrected chi connectivity index (χ4v) is 1.74. The van der Waals surface area contributed by atoms with Gasteiger partial charge >= 0.3 is 0 Å². The zero-order chi connectivity index (χ0) is 8.81. The number of piperidine rings is 1. The van der Waals surface area contributed by atoms with E-state index in [1.54, 1.807) is 0 Å². The predicted octanol–water partition coefficient (Wildman–Crippen LogP) is 0.938. The molecule has 1 atom stereocenters. The lowest BCUT2D eigenvalue weighted by Crippen LogP contribution is -2.29. The Hall–Kier alpha value is -0.570. The smallest absolute Gasteiger partial charge is 0.293 e. The van der Waals surface area contributed by atoms with Gasteiger partial charge in [0, 0.05) is 0 Å². The monoisotopic (exact) mass is 171 g/mol. The fourth-order valence-electron chi connectivity index (χ4n) is 1.74. The zero-order valence-electron chi connectivity index (χ0n) is 7.58. The van der Waals surface area contributed by atoms with Crippen LogP contribution < -0.4 is 5.32 Å². The summed E-state index contributed by atoms with van der Waals surface area (Å²) in [7, 11) is 0. The minimum atomic E-state index is 0.0885. The zero-order valence-corrected chi connectivity index (χ0v) is 7.58. The second-order valence-corrected chi connectivity index (χ2v) is 3.47. The normalized spacial score (nSPS) is 21.8. The molecule has 0 radical (unpaired) electrons. The molecule has 0 amide bonds. The van der Waals surface area contributed by atoms with Gasteiger partial charge in [0.05, 0.1) is 6.10 Å². The van der Waals surface area contributed by atoms with E-state index in [2.05, 4.69) is 5.32 Å². The Balaban J connectivity index is 2.15. The van der Waals surface area contributed by atoms with Crippen molar-refractivity contribution in [3.63, 3.8) is 0 Å². The highest BCUT2D eigenvalue weighted by Gasteiger charge is 2.16. The molecule has 3 heteroatoms. The van der Waals surface area contributed by atoms with E-state index in [1.165, 1.54) is 12.8 Å². The standard InChI is InChI=1S/C9H17NO2/c1-8(12-7-11)6-9-2-4-10-5-3-9/h7-10H,2-6H2,1H3. The minimum Gasteiger partial charge on any atom is -0.465 e. The molecule has 0 aromatic heterocycles. The summed E-state index contributed by atoms with van der Waals surface area (Å²) in [4.78, 5) is 10.0. The van der Waals surface area contributed by atoms with Gasteiger partial charge in [0.15, 0.2) is 0 Å². The molecule has 0 saturated carbocycles. The van der Waals surface area contributed by atoms with Gasteiger partial charge in [-0.3, -0.25) is 4.79 Å². The average molecular weight is 171 g/mol. The van der Waals surface area contributed by atoms with Crippen LogP contribution in [0.15, 0.2) is 0 Å². The molecule has 1 N–H and O–H groups in total. The molecule has 1 aliphatic rings. The summed E-state index contributed by atoms with van der Waals surface area (Å²) in [5, 5.41) is 3.31. The van der Waals surface area contributed by atoms with Crippen LogP contribution in [0.3, 0.4) is 0 Å². The van der Waals surface area contributed by atoms with Crippen LogP contribution in [0.4, 0.5) is 0 Å². The molecule has 3 nitrogen and oxygen atoms in total. The van der Waals surface area contributed by atoms with Gasteiger partial charge in [0.25, 0.3) is 6.47 Å². The molecular weight excluding hydrogens is 154 g/mol. The van der Waals surface area contributed by atoms with Gasteiger partial charge in [0.2, 0.25) is 0 Å². The van der Waals surface area contributed by atoms with Crippen molar-refractivity contribution in [1.29, 1.82) is 0 Å². The maximum atomic E-state index is 10.0. The highest BCUT2D eigenvalue weighted by atomic mass is 16.5. The molecule has 1 aliphatic heterocycles. The quantitative estimate of drug-likeness (QED) is 0.640. The Morgan fingerprint density at radius 1 is 1.58 bits per heavy atom. The van der Waals surface area contributed by atoms with E-state index >= 15 is 0 Å². The third-order valence-electron chi connectivity index (χ3n) is 2.41. The fraction of sp³-hybridized carbons (Fsp3) is 0.889. The van der Waals surface area contributed by atoms with E-state index in [0.717, 1.165) is 25.4 Å². The maximum absolute atomic E-state index is 10.0. The molecule has 0 aromatic rings. The first-order valence-electron chi connectivity index (χ1n) is 4.62. The van der Waals surface area contributed by atoms with E-state index in [1.807, 2.05) is 6.92 Å². The van der Waals surface area contributed by atoms with Gasteiger partial charge in [-0.05, 0) is 45.2 Å². The van der Waals surface area contributed by atoms with Crippen molar-refractivity contribution in [1.82, 2.24) is 5.32 Å². The highest BCUT2D eigenvalue weighted by molar-refractivity contribution is 5.37. The Morgan fingerprint density at radius 2 is 2.25 bits per heavy atom.